The highest BCUT2D eigenvalue weighted by molar-refractivity contribution is 5.73. The molecule has 1 aliphatic rings. The van der Waals surface area contributed by atoms with E-state index in [1.165, 1.54) is 19.3 Å². The Balaban J connectivity index is 2.13. The summed E-state index contributed by atoms with van der Waals surface area (Å²) in [7, 11) is 0. The molecule has 0 spiro atoms. The molecule has 76 valence electrons. The third-order valence-corrected chi connectivity index (χ3v) is 2.38. The minimum absolute atomic E-state index is 0.139. The van der Waals surface area contributed by atoms with Gasteiger partial charge >= 0.3 is 5.97 Å². The average molecular weight is 187 g/mol. The zero-order valence-electron chi connectivity index (χ0n) is 7.74. The van der Waals surface area contributed by atoms with E-state index in [-0.39, 0.29) is 12.7 Å². The molecule has 0 amide bonds. The fourth-order valence-electron chi connectivity index (χ4n) is 1.54. The van der Waals surface area contributed by atoms with Crippen LogP contribution in [0.15, 0.2) is 0 Å². The van der Waals surface area contributed by atoms with Gasteiger partial charge in [0.05, 0.1) is 12.7 Å². The van der Waals surface area contributed by atoms with Gasteiger partial charge in [0.15, 0.2) is 0 Å². The predicted molar refractivity (Wildman–Crippen MR) is 48.4 cm³/mol. The SMILES string of the molecule is NC(COC1CCCCC1)C(=O)O. The molecule has 1 atom stereocenters. The minimum Gasteiger partial charge on any atom is -0.480 e. The van der Waals surface area contributed by atoms with Crippen molar-refractivity contribution in [2.45, 2.75) is 44.2 Å². The van der Waals surface area contributed by atoms with Crippen molar-refractivity contribution in [1.82, 2.24) is 0 Å². The summed E-state index contributed by atoms with van der Waals surface area (Å²) in [6.45, 7) is 0.139. The first-order valence-corrected chi connectivity index (χ1v) is 4.80. The Morgan fingerprint density at radius 1 is 1.46 bits per heavy atom. The zero-order valence-corrected chi connectivity index (χ0v) is 7.74. The first-order valence-electron chi connectivity index (χ1n) is 4.80. The van der Waals surface area contributed by atoms with Crippen molar-refractivity contribution in [2.75, 3.05) is 6.61 Å². The van der Waals surface area contributed by atoms with E-state index in [0.29, 0.717) is 0 Å². The van der Waals surface area contributed by atoms with Crippen LogP contribution in [0, 0.1) is 0 Å². The second kappa shape index (κ2) is 5.19. The summed E-state index contributed by atoms with van der Waals surface area (Å²) < 4.78 is 5.40. The maximum Gasteiger partial charge on any atom is 0.322 e. The summed E-state index contributed by atoms with van der Waals surface area (Å²) in [5.41, 5.74) is 5.31. The number of carboxylic acid groups (broad SMARTS) is 1. The second-order valence-electron chi connectivity index (χ2n) is 3.54. The molecule has 0 bridgehead atoms. The van der Waals surface area contributed by atoms with Crippen molar-refractivity contribution < 1.29 is 14.6 Å². The Bertz CT molecular complexity index is 166. The number of hydrogen-bond donors (Lipinski definition) is 2. The predicted octanol–water partition coefficient (Wildman–Crippen LogP) is 0.748. The number of carbonyl (C=O) groups is 1. The highest BCUT2D eigenvalue weighted by atomic mass is 16.5. The molecule has 1 aliphatic carbocycles. The van der Waals surface area contributed by atoms with Crippen LogP contribution in [0.4, 0.5) is 0 Å². The molecule has 0 aromatic rings. The van der Waals surface area contributed by atoms with Gasteiger partial charge in [0.2, 0.25) is 0 Å². The van der Waals surface area contributed by atoms with Gasteiger partial charge in [-0.1, -0.05) is 19.3 Å². The Kier molecular flexibility index (Phi) is 4.18. The van der Waals surface area contributed by atoms with Crippen LogP contribution in [-0.4, -0.2) is 29.8 Å². The lowest BCUT2D eigenvalue weighted by Gasteiger charge is -2.22. The summed E-state index contributed by atoms with van der Waals surface area (Å²) >= 11 is 0. The van der Waals surface area contributed by atoms with Gasteiger partial charge in [0.25, 0.3) is 0 Å². The largest absolute Gasteiger partial charge is 0.480 e. The number of aliphatic carboxylic acids is 1. The van der Waals surface area contributed by atoms with Crippen LogP contribution in [-0.2, 0) is 9.53 Å². The van der Waals surface area contributed by atoms with Crippen molar-refractivity contribution >= 4 is 5.97 Å². The fraction of sp³-hybridized carbons (Fsp3) is 0.889. The van der Waals surface area contributed by atoms with Crippen molar-refractivity contribution in [1.29, 1.82) is 0 Å². The molecule has 1 fully saturated rings. The molecule has 4 heteroatoms. The molecule has 0 saturated heterocycles. The van der Waals surface area contributed by atoms with Crippen LogP contribution in [0.5, 0.6) is 0 Å². The average Bonchev–Trinajstić information content (AvgIpc) is 2.15. The number of nitrogens with two attached hydrogens (primary N) is 1. The van der Waals surface area contributed by atoms with Gasteiger partial charge in [0, 0.05) is 0 Å². The lowest BCUT2D eigenvalue weighted by Crippen LogP contribution is -2.36. The van der Waals surface area contributed by atoms with E-state index in [1.54, 1.807) is 0 Å². The molecular formula is C9H17NO3. The maximum absolute atomic E-state index is 10.4. The molecule has 1 rings (SSSR count). The van der Waals surface area contributed by atoms with E-state index < -0.39 is 12.0 Å². The molecule has 0 aromatic carbocycles. The molecule has 0 aliphatic heterocycles. The molecule has 0 heterocycles. The smallest absolute Gasteiger partial charge is 0.322 e. The second-order valence-corrected chi connectivity index (χ2v) is 3.54. The van der Waals surface area contributed by atoms with Crippen LogP contribution in [0.2, 0.25) is 0 Å². The highest BCUT2D eigenvalue weighted by Crippen LogP contribution is 2.20. The number of ether oxygens (including phenoxy) is 1. The van der Waals surface area contributed by atoms with Crippen LogP contribution in [0.3, 0.4) is 0 Å². The van der Waals surface area contributed by atoms with Crippen LogP contribution < -0.4 is 5.73 Å². The molecular weight excluding hydrogens is 170 g/mol. The molecule has 0 radical (unpaired) electrons. The quantitative estimate of drug-likeness (QED) is 0.681. The normalized spacial score (nSPS) is 21.3. The maximum atomic E-state index is 10.4. The molecule has 4 nitrogen and oxygen atoms in total. The third-order valence-electron chi connectivity index (χ3n) is 2.38. The lowest BCUT2D eigenvalue weighted by atomic mass is 9.98. The Hall–Kier alpha value is -0.610. The Morgan fingerprint density at radius 2 is 2.08 bits per heavy atom. The van der Waals surface area contributed by atoms with Crippen LogP contribution in [0.1, 0.15) is 32.1 Å². The van der Waals surface area contributed by atoms with E-state index >= 15 is 0 Å². The van der Waals surface area contributed by atoms with E-state index in [2.05, 4.69) is 0 Å². The minimum atomic E-state index is -0.990. The van der Waals surface area contributed by atoms with Crippen molar-refractivity contribution in [3.05, 3.63) is 0 Å². The van der Waals surface area contributed by atoms with E-state index in [4.69, 9.17) is 15.6 Å². The molecule has 3 N–H and O–H groups in total. The lowest BCUT2D eigenvalue weighted by molar-refractivity contribution is -0.140. The third kappa shape index (κ3) is 3.74. The molecule has 0 aromatic heterocycles. The van der Waals surface area contributed by atoms with Crippen molar-refractivity contribution in [2.24, 2.45) is 5.73 Å². The van der Waals surface area contributed by atoms with Crippen molar-refractivity contribution in [3.8, 4) is 0 Å². The molecule has 1 saturated carbocycles. The first-order chi connectivity index (χ1) is 6.20. The summed E-state index contributed by atoms with van der Waals surface area (Å²) in [5.74, 6) is -0.990. The number of carboxylic acids is 1. The summed E-state index contributed by atoms with van der Waals surface area (Å²) in [6.07, 6.45) is 5.97. The van der Waals surface area contributed by atoms with Gasteiger partial charge < -0.3 is 15.6 Å². The summed E-state index contributed by atoms with van der Waals surface area (Å²) in [6, 6.07) is -0.873. The van der Waals surface area contributed by atoms with Gasteiger partial charge in [-0.2, -0.15) is 0 Å². The highest BCUT2D eigenvalue weighted by Gasteiger charge is 2.17. The van der Waals surface area contributed by atoms with Crippen LogP contribution in [0.25, 0.3) is 0 Å². The summed E-state index contributed by atoms with van der Waals surface area (Å²) in [5, 5.41) is 8.51. The Morgan fingerprint density at radius 3 is 2.62 bits per heavy atom. The fourth-order valence-corrected chi connectivity index (χ4v) is 1.54. The van der Waals surface area contributed by atoms with Gasteiger partial charge in [-0.25, -0.2) is 0 Å². The van der Waals surface area contributed by atoms with E-state index in [9.17, 15) is 4.79 Å². The standard InChI is InChI=1S/C9H17NO3/c10-8(9(11)12)6-13-7-4-2-1-3-5-7/h7-8H,1-6,10H2,(H,11,12). The van der Waals surface area contributed by atoms with Crippen LogP contribution >= 0.6 is 0 Å². The van der Waals surface area contributed by atoms with Gasteiger partial charge in [-0.05, 0) is 12.8 Å². The monoisotopic (exact) mass is 187 g/mol. The molecule has 1 unspecified atom stereocenters. The van der Waals surface area contributed by atoms with Crippen molar-refractivity contribution in [3.63, 3.8) is 0 Å². The molecule has 13 heavy (non-hydrogen) atoms. The summed E-state index contributed by atoms with van der Waals surface area (Å²) in [4.78, 5) is 10.4. The topological polar surface area (TPSA) is 72.5 Å². The first kappa shape index (κ1) is 10.5. The van der Waals surface area contributed by atoms with E-state index in [0.717, 1.165) is 12.8 Å². The van der Waals surface area contributed by atoms with Gasteiger partial charge in [-0.3, -0.25) is 4.79 Å². The zero-order chi connectivity index (χ0) is 9.68. The number of hydrogen-bond acceptors (Lipinski definition) is 3. The van der Waals surface area contributed by atoms with Gasteiger partial charge in [0.1, 0.15) is 6.04 Å². The van der Waals surface area contributed by atoms with Gasteiger partial charge in [-0.15, -0.1) is 0 Å². The Labute approximate surface area is 78.1 Å². The van der Waals surface area contributed by atoms with E-state index in [1.807, 2.05) is 0 Å². The number of rotatable bonds is 4.